The second-order valence-corrected chi connectivity index (χ2v) is 6.15. The summed E-state index contributed by atoms with van der Waals surface area (Å²) in [6.07, 6.45) is 2.57. The molecule has 1 heterocycles. The first-order valence-electron chi connectivity index (χ1n) is 9.15. The molecule has 0 spiro atoms. The van der Waals surface area contributed by atoms with Gasteiger partial charge in [-0.15, -0.1) is 24.0 Å². The van der Waals surface area contributed by atoms with E-state index in [1.807, 2.05) is 0 Å². The summed E-state index contributed by atoms with van der Waals surface area (Å²) < 4.78 is 10.4. The molecule has 1 aliphatic rings. The molecule has 148 valence electrons. The van der Waals surface area contributed by atoms with Gasteiger partial charge >= 0.3 is 0 Å². The fraction of sp³-hybridized carbons (Fsp3) is 0.632. The normalized spacial score (nSPS) is 16.2. The van der Waals surface area contributed by atoms with Gasteiger partial charge in [-0.2, -0.15) is 0 Å². The van der Waals surface area contributed by atoms with Gasteiger partial charge in [0.2, 0.25) is 0 Å². The van der Waals surface area contributed by atoms with E-state index in [4.69, 9.17) is 9.47 Å². The molecule has 0 saturated carbocycles. The fourth-order valence-electron chi connectivity index (χ4n) is 3.09. The van der Waals surface area contributed by atoms with Crippen molar-refractivity contribution in [1.29, 1.82) is 0 Å². The molecule has 0 amide bonds. The molecule has 1 aliphatic heterocycles. The van der Waals surface area contributed by atoms with Gasteiger partial charge in [0.05, 0.1) is 25.9 Å². The molecular formula is C19H33IN4O2. The van der Waals surface area contributed by atoms with Crippen molar-refractivity contribution in [2.75, 3.05) is 60.2 Å². The maximum absolute atomic E-state index is 5.47. The Morgan fingerprint density at radius 2 is 1.85 bits per heavy atom. The lowest BCUT2D eigenvalue weighted by Gasteiger charge is -2.29. The smallest absolute Gasteiger partial charge is 0.191 e. The number of ether oxygens (including phenoxy) is 2. The molecule has 26 heavy (non-hydrogen) atoms. The Morgan fingerprint density at radius 3 is 2.50 bits per heavy atom. The van der Waals surface area contributed by atoms with Gasteiger partial charge < -0.3 is 20.1 Å². The molecule has 0 aliphatic carbocycles. The topological polar surface area (TPSA) is 58.1 Å². The zero-order chi connectivity index (χ0) is 17.7. The monoisotopic (exact) mass is 476 g/mol. The molecule has 2 rings (SSSR count). The van der Waals surface area contributed by atoms with E-state index in [1.165, 1.54) is 31.5 Å². The van der Waals surface area contributed by atoms with Gasteiger partial charge in [0.15, 0.2) is 5.96 Å². The predicted molar refractivity (Wildman–Crippen MR) is 117 cm³/mol. The minimum Gasteiger partial charge on any atom is -0.382 e. The Labute approximate surface area is 174 Å². The summed E-state index contributed by atoms with van der Waals surface area (Å²) in [7, 11) is 3.48. The van der Waals surface area contributed by atoms with Crippen molar-refractivity contribution in [3.8, 4) is 0 Å². The van der Waals surface area contributed by atoms with Crippen molar-refractivity contribution in [1.82, 2.24) is 15.5 Å². The molecule has 2 N–H and O–H groups in total. The highest BCUT2D eigenvalue weighted by Crippen LogP contribution is 2.24. The van der Waals surface area contributed by atoms with Crippen LogP contribution in [0.4, 0.5) is 0 Å². The van der Waals surface area contributed by atoms with E-state index in [2.05, 4.69) is 50.9 Å². The lowest BCUT2D eigenvalue weighted by molar-refractivity contribution is 0.0733. The number of benzene rings is 1. The van der Waals surface area contributed by atoms with E-state index in [0.717, 1.165) is 19.0 Å². The van der Waals surface area contributed by atoms with Crippen LogP contribution in [0.1, 0.15) is 24.4 Å². The van der Waals surface area contributed by atoms with Crippen molar-refractivity contribution >= 4 is 29.9 Å². The summed E-state index contributed by atoms with van der Waals surface area (Å²) in [5.74, 6) is 0.815. The minimum absolute atomic E-state index is 0. The van der Waals surface area contributed by atoms with Crippen LogP contribution in [0.2, 0.25) is 0 Å². The van der Waals surface area contributed by atoms with E-state index in [0.29, 0.717) is 25.9 Å². The first-order chi connectivity index (χ1) is 12.3. The fourth-order valence-corrected chi connectivity index (χ4v) is 3.09. The van der Waals surface area contributed by atoms with Crippen LogP contribution >= 0.6 is 24.0 Å². The van der Waals surface area contributed by atoms with Crippen LogP contribution in [-0.4, -0.2) is 71.0 Å². The van der Waals surface area contributed by atoms with Gasteiger partial charge in [-0.1, -0.05) is 30.3 Å². The summed E-state index contributed by atoms with van der Waals surface area (Å²) in [5.41, 5.74) is 1.36. The average molecular weight is 476 g/mol. The molecule has 1 unspecified atom stereocenters. The van der Waals surface area contributed by atoms with Crippen molar-refractivity contribution in [3.05, 3.63) is 35.9 Å². The van der Waals surface area contributed by atoms with Crippen LogP contribution in [0, 0.1) is 0 Å². The Morgan fingerprint density at radius 1 is 1.12 bits per heavy atom. The number of hydrogen-bond donors (Lipinski definition) is 2. The maximum atomic E-state index is 5.47. The molecular weight excluding hydrogens is 443 g/mol. The third-order valence-electron chi connectivity index (χ3n) is 4.42. The number of hydrogen-bond acceptors (Lipinski definition) is 4. The third-order valence-corrected chi connectivity index (χ3v) is 4.42. The highest BCUT2D eigenvalue weighted by molar-refractivity contribution is 14.0. The number of aliphatic imine (C=N–C) groups is 1. The summed E-state index contributed by atoms with van der Waals surface area (Å²) in [5, 5.41) is 6.76. The van der Waals surface area contributed by atoms with Crippen LogP contribution in [0.25, 0.3) is 0 Å². The van der Waals surface area contributed by atoms with Crippen LogP contribution in [-0.2, 0) is 9.47 Å². The number of methoxy groups -OCH3 is 1. The highest BCUT2D eigenvalue weighted by atomic mass is 127. The van der Waals surface area contributed by atoms with E-state index >= 15 is 0 Å². The zero-order valence-electron chi connectivity index (χ0n) is 15.9. The number of rotatable bonds is 10. The Kier molecular flexibility index (Phi) is 12.6. The molecule has 1 aromatic carbocycles. The van der Waals surface area contributed by atoms with Crippen LogP contribution in [0.15, 0.2) is 35.3 Å². The molecule has 1 saturated heterocycles. The second kappa shape index (κ2) is 14.2. The maximum Gasteiger partial charge on any atom is 0.191 e. The SMILES string of the molecule is CN=C(NCCOCCOC)NCC(c1ccccc1)N1CCCC1.I. The number of likely N-dealkylation sites (tertiary alicyclic amines) is 1. The third kappa shape index (κ3) is 8.20. The number of guanidine groups is 1. The minimum atomic E-state index is 0. The van der Waals surface area contributed by atoms with Gasteiger partial charge in [-0.3, -0.25) is 9.89 Å². The van der Waals surface area contributed by atoms with Crippen molar-refractivity contribution in [3.63, 3.8) is 0 Å². The molecule has 0 aromatic heterocycles. The summed E-state index contributed by atoms with van der Waals surface area (Å²) >= 11 is 0. The Hall–Kier alpha value is -0.900. The molecule has 0 radical (unpaired) electrons. The molecule has 1 atom stereocenters. The highest BCUT2D eigenvalue weighted by Gasteiger charge is 2.23. The van der Waals surface area contributed by atoms with E-state index in [-0.39, 0.29) is 24.0 Å². The molecule has 1 fully saturated rings. The first-order valence-corrected chi connectivity index (χ1v) is 9.15. The van der Waals surface area contributed by atoms with E-state index in [9.17, 15) is 0 Å². The average Bonchev–Trinajstić information content (AvgIpc) is 3.18. The van der Waals surface area contributed by atoms with Gasteiger partial charge in [0, 0.05) is 27.2 Å². The quantitative estimate of drug-likeness (QED) is 0.235. The largest absolute Gasteiger partial charge is 0.382 e. The van der Waals surface area contributed by atoms with Crippen molar-refractivity contribution in [2.45, 2.75) is 18.9 Å². The number of nitrogens with one attached hydrogen (secondary N) is 2. The number of halogens is 1. The van der Waals surface area contributed by atoms with Gasteiger partial charge in [-0.25, -0.2) is 0 Å². The lowest BCUT2D eigenvalue weighted by atomic mass is 10.1. The molecule has 6 nitrogen and oxygen atoms in total. The van der Waals surface area contributed by atoms with E-state index < -0.39 is 0 Å². The summed E-state index contributed by atoms with van der Waals surface area (Å²) in [6.45, 7) is 5.79. The van der Waals surface area contributed by atoms with E-state index in [1.54, 1.807) is 14.2 Å². The molecule has 7 heteroatoms. The second-order valence-electron chi connectivity index (χ2n) is 6.15. The summed E-state index contributed by atoms with van der Waals surface area (Å²) in [4.78, 5) is 6.87. The summed E-state index contributed by atoms with van der Waals surface area (Å²) in [6, 6.07) is 11.1. The Balaban J connectivity index is 0.00000338. The van der Waals surface area contributed by atoms with Gasteiger partial charge in [-0.05, 0) is 31.5 Å². The molecule has 1 aromatic rings. The van der Waals surface area contributed by atoms with Gasteiger partial charge in [0.25, 0.3) is 0 Å². The standard InChI is InChI=1S/C19H32N4O2.HI/c1-20-19(21-10-13-25-15-14-24-2)22-16-18(23-11-6-7-12-23)17-8-4-3-5-9-17;/h3-5,8-9,18H,6-7,10-16H2,1-2H3,(H2,20,21,22);1H. The predicted octanol–water partition coefficient (Wildman–Crippen LogP) is 2.27. The van der Waals surface area contributed by atoms with Crippen LogP contribution in [0.5, 0.6) is 0 Å². The van der Waals surface area contributed by atoms with Crippen LogP contribution < -0.4 is 10.6 Å². The lowest BCUT2D eigenvalue weighted by Crippen LogP contribution is -2.43. The Bertz CT molecular complexity index is 496. The first kappa shape index (κ1) is 23.1. The number of nitrogens with zero attached hydrogens (tertiary/aromatic N) is 2. The van der Waals surface area contributed by atoms with Crippen molar-refractivity contribution < 1.29 is 9.47 Å². The zero-order valence-corrected chi connectivity index (χ0v) is 18.3. The van der Waals surface area contributed by atoms with Crippen LogP contribution in [0.3, 0.4) is 0 Å². The van der Waals surface area contributed by atoms with Crippen molar-refractivity contribution in [2.24, 2.45) is 4.99 Å². The van der Waals surface area contributed by atoms with Gasteiger partial charge in [0.1, 0.15) is 0 Å². The molecule has 0 bridgehead atoms.